The van der Waals surface area contributed by atoms with E-state index in [4.69, 9.17) is 5.11 Å². The highest BCUT2D eigenvalue weighted by Crippen LogP contribution is 2.19. The van der Waals surface area contributed by atoms with Crippen LogP contribution in [0.2, 0.25) is 0 Å². The Kier molecular flexibility index (Phi) is 3.08. The Labute approximate surface area is 109 Å². The maximum atomic E-state index is 12.1. The Hall–Kier alpha value is -1.89. The summed E-state index contributed by atoms with van der Waals surface area (Å²) in [5.41, 5.74) is -0.798. The van der Waals surface area contributed by atoms with Crippen LogP contribution in [0, 0.1) is 0 Å². The molecule has 0 fully saturated rings. The number of carbonyl (C=O) groups is 1. The second kappa shape index (κ2) is 4.41. The van der Waals surface area contributed by atoms with Crippen LogP contribution in [-0.2, 0) is 18.4 Å². The molecule has 1 N–H and O–H groups in total. The van der Waals surface area contributed by atoms with Crippen LogP contribution in [0.4, 0.5) is 0 Å². The van der Waals surface area contributed by atoms with Crippen LogP contribution in [0.1, 0.15) is 0 Å². The summed E-state index contributed by atoms with van der Waals surface area (Å²) in [6, 6.07) is 4.92. The topological polar surface area (TPSA) is 81.3 Å². The predicted octanol–water partition coefficient (Wildman–Crippen LogP) is 0.547. The van der Waals surface area contributed by atoms with Crippen molar-refractivity contribution in [2.24, 2.45) is 7.05 Å². The van der Waals surface area contributed by atoms with Crippen molar-refractivity contribution in [1.82, 2.24) is 9.13 Å². The first-order valence-corrected chi connectivity index (χ1v) is 5.82. The van der Waals surface area contributed by atoms with Gasteiger partial charge in [-0.2, -0.15) is 0 Å². The molecule has 2 rings (SSSR count). The van der Waals surface area contributed by atoms with Crippen LogP contribution >= 0.6 is 15.9 Å². The highest BCUT2D eigenvalue weighted by Gasteiger charge is 2.14. The second-order valence-corrected chi connectivity index (χ2v) is 4.62. The molecule has 1 aromatic heterocycles. The van der Waals surface area contributed by atoms with Crippen molar-refractivity contribution in [3.05, 3.63) is 43.5 Å². The summed E-state index contributed by atoms with van der Waals surface area (Å²) in [7, 11) is 1.49. The van der Waals surface area contributed by atoms with Crippen molar-refractivity contribution in [3.8, 4) is 0 Å². The number of hydrogen-bond donors (Lipinski definition) is 1. The van der Waals surface area contributed by atoms with Crippen molar-refractivity contribution in [2.75, 3.05) is 0 Å². The lowest BCUT2D eigenvalue weighted by molar-refractivity contribution is -0.137. The molecule has 0 atom stereocenters. The molecule has 0 saturated heterocycles. The lowest BCUT2D eigenvalue weighted by Crippen LogP contribution is -2.40. The molecule has 0 unspecified atom stereocenters. The van der Waals surface area contributed by atoms with E-state index in [0.717, 1.165) is 0 Å². The Morgan fingerprint density at radius 2 is 2.06 bits per heavy atom. The fourth-order valence-corrected chi connectivity index (χ4v) is 2.44. The minimum atomic E-state index is -1.23. The summed E-state index contributed by atoms with van der Waals surface area (Å²) in [5, 5.41) is 9.02. The molecule has 7 heteroatoms. The highest BCUT2D eigenvalue weighted by atomic mass is 79.9. The van der Waals surface area contributed by atoms with Gasteiger partial charge < -0.3 is 5.11 Å². The fraction of sp³-hybridized carbons (Fsp3) is 0.182. The van der Waals surface area contributed by atoms with Gasteiger partial charge in [-0.25, -0.2) is 9.36 Å². The molecule has 0 aliphatic rings. The zero-order valence-corrected chi connectivity index (χ0v) is 11.0. The van der Waals surface area contributed by atoms with E-state index >= 15 is 0 Å². The fourth-order valence-electron chi connectivity index (χ4n) is 1.81. The van der Waals surface area contributed by atoms with Gasteiger partial charge in [-0.15, -0.1) is 0 Å². The standard InChI is InChI=1S/C11H9BrN2O4/c1-13-9-6(3-2-4-7(9)12)10(17)14(11(13)18)5-8(15)16/h2-4H,5H2,1H3,(H,15,16). The van der Waals surface area contributed by atoms with Crippen molar-refractivity contribution in [1.29, 1.82) is 0 Å². The molecule has 0 radical (unpaired) electrons. The number of aliphatic carboxylic acids is 1. The van der Waals surface area contributed by atoms with Crippen LogP contribution in [0.5, 0.6) is 0 Å². The molecule has 94 valence electrons. The molecule has 0 bridgehead atoms. The molecule has 1 aromatic carbocycles. The molecule has 0 aliphatic carbocycles. The molecule has 6 nitrogen and oxygen atoms in total. The number of rotatable bonds is 2. The third-order valence-corrected chi connectivity index (χ3v) is 3.25. The lowest BCUT2D eigenvalue weighted by Gasteiger charge is -2.10. The SMILES string of the molecule is Cn1c(=O)n(CC(=O)O)c(=O)c2cccc(Br)c21. The van der Waals surface area contributed by atoms with E-state index in [1.54, 1.807) is 18.2 Å². The van der Waals surface area contributed by atoms with Gasteiger partial charge in [0, 0.05) is 11.5 Å². The number of fused-ring (bicyclic) bond motifs is 1. The van der Waals surface area contributed by atoms with Gasteiger partial charge in [0.15, 0.2) is 0 Å². The quantitative estimate of drug-likeness (QED) is 0.878. The van der Waals surface area contributed by atoms with Crippen LogP contribution in [-0.4, -0.2) is 20.2 Å². The first-order valence-electron chi connectivity index (χ1n) is 5.03. The first-order chi connectivity index (χ1) is 8.43. The minimum absolute atomic E-state index is 0.299. The number of carboxylic acid groups (broad SMARTS) is 1. The molecular formula is C11H9BrN2O4. The zero-order chi connectivity index (χ0) is 13.4. The van der Waals surface area contributed by atoms with Crippen LogP contribution in [0.25, 0.3) is 10.9 Å². The van der Waals surface area contributed by atoms with E-state index in [1.165, 1.54) is 11.6 Å². The molecule has 1 heterocycles. The average Bonchev–Trinajstić information content (AvgIpc) is 2.31. The Morgan fingerprint density at radius 3 is 2.67 bits per heavy atom. The molecule has 0 spiro atoms. The second-order valence-electron chi connectivity index (χ2n) is 3.76. The van der Waals surface area contributed by atoms with Gasteiger partial charge in [-0.3, -0.25) is 14.2 Å². The average molecular weight is 313 g/mol. The molecule has 2 aromatic rings. The summed E-state index contributed by atoms with van der Waals surface area (Å²) < 4.78 is 2.57. The van der Waals surface area contributed by atoms with Gasteiger partial charge in [0.1, 0.15) is 6.54 Å². The van der Waals surface area contributed by atoms with Gasteiger partial charge in [-0.1, -0.05) is 6.07 Å². The van der Waals surface area contributed by atoms with Crippen LogP contribution < -0.4 is 11.2 Å². The summed E-state index contributed by atoms with van der Waals surface area (Å²) in [5.74, 6) is -1.23. The van der Waals surface area contributed by atoms with E-state index in [-0.39, 0.29) is 0 Å². The minimum Gasteiger partial charge on any atom is -0.480 e. The molecule has 0 saturated carbocycles. The largest absolute Gasteiger partial charge is 0.480 e. The van der Waals surface area contributed by atoms with E-state index in [2.05, 4.69) is 15.9 Å². The number of para-hydroxylation sites is 1. The number of aryl methyl sites for hydroxylation is 1. The maximum Gasteiger partial charge on any atom is 0.331 e. The van der Waals surface area contributed by atoms with Crippen molar-refractivity contribution in [2.45, 2.75) is 6.54 Å². The lowest BCUT2D eigenvalue weighted by atomic mass is 10.2. The summed E-state index contributed by atoms with van der Waals surface area (Å²) in [6.07, 6.45) is 0. The smallest absolute Gasteiger partial charge is 0.331 e. The van der Waals surface area contributed by atoms with Crippen molar-refractivity contribution >= 4 is 32.8 Å². The Morgan fingerprint density at radius 1 is 1.39 bits per heavy atom. The third kappa shape index (κ3) is 1.86. The third-order valence-electron chi connectivity index (χ3n) is 2.61. The summed E-state index contributed by atoms with van der Waals surface area (Å²) in [4.78, 5) is 34.7. The van der Waals surface area contributed by atoms with Gasteiger partial charge >= 0.3 is 11.7 Å². The number of carboxylic acids is 1. The number of aromatic nitrogens is 2. The zero-order valence-electron chi connectivity index (χ0n) is 9.38. The van der Waals surface area contributed by atoms with E-state index in [1.807, 2.05) is 0 Å². The first kappa shape index (κ1) is 12.6. The number of hydrogen-bond acceptors (Lipinski definition) is 3. The monoisotopic (exact) mass is 312 g/mol. The molecule has 0 aliphatic heterocycles. The van der Waals surface area contributed by atoms with E-state index in [0.29, 0.717) is 19.9 Å². The molecule has 18 heavy (non-hydrogen) atoms. The predicted molar refractivity (Wildman–Crippen MR) is 68.8 cm³/mol. The van der Waals surface area contributed by atoms with E-state index in [9.17, 15) is 14.4 Å². The van der Waals surface area contributed by atoms with Crippen molar-refractivity contribution in [3.63, 3.8) is 0 Å². The van der Waals surface area contributed by atoms with Crippen molar-refractivity contribution < 1.29 is 9.90 Å². The summed E-state index contributed by atoms with van der Waals surface area (Å²) in [6.45, 7) is -0.645. The van der Waals surface area contributed by atoms with Gasteiger partial charge in [0.2, 0.25) is 0 Å². The van der Waals surface area contributed by atoms with Gasteiger partial charge in [0.05, 0.1) is 10.9 Å². The molecule has 0 amide bonds. The normalized spacial score (nSPS) is 10.8. The van der Waals surface area contributed by atoms with E-state index < -0.39 is 23.8 Å². The number of benzene rings is 1. The summed E-state index contributed by atoms with van der Waals surface area (Å²) >= 11 is 3.27. The maximum absolute atomic E-state index is 12.1. The Bertz CT molecular complexity index is 760. The van der Waals surface area contributed by atoms with Gasteiger partial charge in [-0.05, 0) is 28.1 Å². The van der Waals surface area contributed by atoms with Crippen LogP contribution in [0.3, 0.4) is 0 Å². The number of nitrogens with zero attached hydrogens (tertiary/aromatic N) is 2. The van der Waals surface area contributed by atoms with Gasteiger partial charge in [0.25, 0.3) is 5.56 Å². The number of halogens is 1. The molecular weight excluding hydrogens is 304 g/mol. The Balaban J connectivity index is 2.98. The van der Waals surface area contributed by atoms with Crippen LogP contribution in [0.15, 0.2) is 32.3 Å². The highest BCUT2D eigenvalue weighted by molar-refractivity contribution is 9.10.